The molecule has 0 aliphatic rings. The van der Waals surface area contributed by atoms with Gasteiger partial charge in [0.1, 0.15) is 5.75 Å². The van der Waals surface area contributed by atoms with Crippen molar-refractivity contribution >= 4 is 9.84 Å². The van der Waals surface area contributed by atoms with Crippen LogP contribution in [0.5, 0.6) is 5.75 Å². The lowest BCUT2D eigenvalue weighted by atomic mass is 10.3. The molecule has 1 aromatic rings. The van der Waals surface area contributed by atoms with Gasteiger partial charge in [0.25, 0.3) is 0 Å². The topological polar surface area (TPSA) is 63.6 Å². The molecule has 0 fully saturated rings. The number of sulfone groups is 1. The molecule has 0 heterocycles. The number of hydrogen-bond donors (Lipinski definition) is 1. The van der Waals surface area contributed by atoms with E-state index in [1.807, 2.05) is 0 Å². The molecule has 1 rings (SSSR count). The molecule has 1 aromatic carbocycles. The summed E-state index contributed by atoms with van der Waals surface area (Å²) in [5.41, 5.74) is 0. The number of hydrogen-bond acceptors (Lipinski definition) is 4. The standard InChI is InChI=1S/C11H16O4S/c1-9(7-8-12)16(13,14)11-5-3-10(15-2)4-6-11/h3-6,9,12H,7-8H2,1-2H3. The van der Waals surface area contributed by atoms with E-state index in [1.165, 1.54) is 19.2 Å². The third-order valence-electron chi connectivity index (χ3n) is 2.45. The van der Waals surface area contributed by atoms with Gasteiger partial charge in [-0.2, -0.15) is 0 Å². The average Bonchev–Trinajstić information content (AvgIpc) is 2.29. The summed E-state index contributed by atoms with van der Waals surface area (Å²) in [6.45, 7) is 1.46. The van der Waals surface area contributed by atoms with Crippen molar-refractivity contribution in [3.63, 3.8) is 0 Å². The van der Waals surface area contributed by atoms with Gasteiger partial charge in [0.2, 0.25) is 0 Å². The van der Waals surface area contributed by atoms with Gasteiger partial charge in [-0.3, -0.25) is 0 Å². The summed E-state index contributed by atoms with van der Waals surface area (Å²) in [6, 6.07) is 6.25. The zero-order chi connectivity index (χ0) is 12.2. The first-order valence-electron chi connectivity index (χ1n) is 5.01. The van der Waals surface area contributed by atoms with E-state index in [0.29, 0.717) is 5.75 Å². The van der Waals surface area contributed by atoms with Crippen LogP contribution in [0.2, 0.25) is 0 Å². The Kier molecular flexibility index (Phi) is 4.32. The average molecular weight is 244 g/mol. The lowest BCUT2D eigenvalue weighted by molar-refractivity contribution is 0.287. The van der Waals surface area contributed by atoms with E-state index in [4.69, 9.17) is 9.84 Å². The van der Waals surface area contributed by atoms with Crippen molar-refractivity contribution in [1.29, 1.82) is 0 Å². The smallest absolute Gasteiger partial charge is 0.181 e. The molecular weight excluding hydrogens is 228 g/mol. The van der Waals surface area contributed by atoms with Crippen LogP contribution in [-0.4, -0.2) is 32.5 Å². The minimum absolute atomic E-state index is 0.128. The molecule has 0 aromatic heterocycles. The molecule has 4 nitrogen and oxygen atoms in total. The second-order valence-corrected chi connectivity index (χ2v) is 5.91. The van der Waals surface area contributed by atoms with Gasteiger partial charge in [0, 0.05) is 6.61 Å². The molecule has 0 saturated carbocycles. The number of benzene rings is 1. The fraction of sp³-hybridized carbons (Fsp3) is 0.455. The largest absolute Gasteiger partial charge is 0.497 e. The molecule has 0 spiro atoms. The summed E-state index contributed by atoms with van der Waals surface area (Å²) in [5.74, 6) is 0.619. The van der Waals surface area contributed by atoms with Crippen molar-refractivity contribution in [3.8, 4) is 5.75 Å². The second-order valence-electron chi connectivity index (χ2n) is 3.54. The Morgan fingerprint density at radius 2 is 1.88 bits per heavy atom. The number of methoxy groups -OCH3 is 1. The third-order valence-corrected chi connectivity index (χ3v) is 4.68. The maximum absolute atomic E-state index is 12.0. The van der Waals surface area contributed by atoms with E-state index >= 15 is 0 Å². The van der Waals surface area contributed by atoms with Gasteiger partial charge in [0.05, 0.1) is 17.3 Å². The van der Waals surface area contributed by atoms with Crippen LogP contribution >= 0.6 is 0 Å². The first-order valence-corrected chi connectivity index (χ1v) is 6.56. The molecule has 16 heavy (non-hydrogen) atoms. The second kappa shape index (κ2) is 5.32. The van der Waals surface area contributed by atoms with E-state index < -0.39 is 15.1 Å². The van der Waals surface area contributed by atoms with Gasteiger partial charge in [-0.05, 0) is 37.6 Å². The predicted molar refractivity (Wildman–Crippen MR) is 61.3 cm³/mol. The fourth-order valence-electron chi connectivity index (χ4n) is 1.33. The number of aliphatic hydroxyl groups is 1. The molecular formula is C11H16O4S. The van der Waals surface area contributed by atoms with Crippen LogP contribution in [0.4, 0.5) is 0 Å². The maximum atomic E-state index is 12.0. The normalized spacial score (nSPS) is 13.4. The molecule has 0 aliphatic carbocycles. The van der Waals surface area contributed by atoms with E-state index in [2.05, 4.69) is 0 Å². The lowest BCUT2D eigenvalue weighted by Crippen LogP contribution is -2.19. The lowest BCUT2D eigenvalue weighted by Gasteiger charge is -2.11. The highest BCUT2D eigenvalue weighted by atomic mass is 32.2. The minimum atomic E-state index is -3.34. The molecule has 0 saturated heterocycles. The fourth-order valence-corrected chi connectivity index (χ4v) is 2.73. The quantitative estimate of drug-likeness (QED) is 0.846. The number of aliphatic hydroxyl groups excluding tert-OH is 1. The molecule has 0 aliphatic heterocycles. The van der Waals surface area contributed by atoms with Crippen molar-refractivity contribution in [2.24, 2.45) is 0 Å². The number of rotatable bonds is 5. The van der Waals surface area contributed by atoms with Gasteiger partial charge >= 0.3 is 0 Å². The highest BCUT2D eigenvalue weighted by Gasteiger charge is 2.22. The molecule has 0 amide bonds. The maximum Gasteiger partial charge on any atom is 0.181 e. The zero-order valence-corrected chi connectivity index (χ0v) is 10.2. The van der Waals surface area contributed by atoms with Crippen molar-refractivity contribution < 1.29 is 18.3 Å². The van der Waals surface area contributed by atoms with Gasteiger partial charge in [-0.15, -0.1) is 0 Å². The Labute approximate surface area is 95.8 Å². The van der Waals surface area contributed by atoms with Crippen LogP contribution in [0.15, 0.2) is 29.2 Å². The first-order chi connectivity index (χ1) is 7.52. The Bertz CT molecular complexity index is 422. The highest BCUT2D eigenvalue weighted by Crippen LogP contribution is 2.20. The van der Waals surface area contributed by atoms with Crippen LogP contribution in [0, 0.1) is 0 Å². The molecule has 90 valence electrons. The molecule has 1 atom stereocenters. The van der Waals surface area contributed by atoms with Crippen LogP contribution in [0.1, 0.15) is 13.3 Å². The molecule has 0 radical (unpaired) electrons. The summed E-state index contributed by atoms with van der Waals surface area (Å²) in [7, 11) is -1.82. The Balaban J connectivity index is 2.98. The SMILES string of the molecule is COc1ccc(S(=O)(=O)C(C)CCO)cc1. The molecule has 0 bridgehead atoms. The summed E-state index contributed by atoms with van der Waals surface area (Å²) >= 11 is 0. The van der Waals surface area contributed by atoms with E-state index in [1.54, 1.807) is 19.1 Å². The van der Waals surface area contributed by atoms with Crippen LogP contribution in [0.3, 0.4) is 0 Å². The van der Waals surface area contributed by atoms with Crippen LogP contribution in [0.25, 0.3) is 0 Å². The highest BCUT2D eigenvalue weighted by molar-refractivity contribution is 7.92. The predicted octanol–water partition coefficient (Wildman–Crippen LogP) is 1.24. The van der Waals surface area contributed by atoms with E-state index in [-0.39, 0.29) is 17.9 Å². The van der Waals surface area contributed by atoms with Gasteiger partial charge in [-0.25, -0.2) is 8.42 Å². The Morgan fingerprint density at radius 1 is 1.31 bits per heavy atom. The minimum Gasteiger partial charge on any atom is -0.497 e. The van der Waals surface area contributed by atoms with Crippen LogP contribution < -0.4 is 4.74 Å². The molecule has 5 heteroatoms. The number of ether oxygens (including phenoxy) is 1. The van der Waals surface area contributed by atoms with E-state index in [9.17, 15) is 8.42 Å². The van der Waals surface area contributed by atoms with Gasteiger partial charge in [-0.1, -0.05) is 0 Å². The van der Waals surface area contributed by atoms with Gasteiger partial charge < -0.3 is 9.84 Å². The zero-order valence-electron chi connectivity index (χ0n) is 9.38. The van der Waals surface area contributed by atoms with Crippen molar-refractivity contribution in [2.75, 3.05) is 13.7 Å². The van der Waals surface area contributed by atoms with Crippen molar-refractivity contribution in [3.05, 3.63) is 24.3 Å². The van der Waals surface area contributed by atoms with Crippen molar-refractivity contribution in [1.82, 2.24) is 0 Å². The molecule has 1 unspecified atom stereocenters. The third kappa shape index (κ3) is 2.74. The summed E-state index contributed by atoms with van der Waals surface area (Å²) in [5, 5.41) is 8.17. The first kappa shape index (κ1) is 13.0. The van der Waals surface area contributed by atoms with E-state index in [0.717, 1.165) is 0 Å². The summed E-state index contributed by atoms with van der Waals surface area (Å²) < 4.78 is 28.9. The summed E-state index contributed by atoms with van der Waals surface area (Å²) in [4.78, 5) is 0.259. The monoisotopic (exact) mass is 244 g/mol. The van der Waals surface area contributed by atoms with Crippen LogP contribution in [-0.2, 0) is 9.84 Å². The van der Waals surface area contributed by atoms with Gasteiger partial charge in [0.15, 0.2) is 9.84 Å². The molecule has 1 N–H and O–H groups in total. The Hall–Kier alpha value is -1.07. The van der Waals surface area contributed by atoms with Crippen molar-refractivity contribution in [2.45, 2.75) is 23.5 Å². The summed E-state index contributed by atoms with van der Waals surface area (Å²) in [6.07, 6.45) is 0.244. The Morgan fingerprint density at radius 3 is 2.31 bits per heavy atom.